The smallest absolute Gasteiger partial charge is 0.309 e. The molecule has 18 heavy (non-hydrogen) atoms. The first-order valence-corrected chi connectivity index (χ1v) is 6.16. The summed E-state index contributed by atoms with van der Waals surface area (Å²) in [6.07, 6.45) is 1.10. The standard InChI is InChI=1S/C14H14ClNO2/c1-3-10-8-12(15)11-6-9(7-14(17)18-2)4-5-13(11)16-10/h4-6,8H,3,7H2,1-2H3. The minimum absolute atomic E-state index is 0.248. The highest BCUT2D eigenvalue weighted by atomic mass is 35.5. The summed E-state index contributed by atoms with van der Waals surface area (Å²) in [6.45, 7) is 2.04. The Labute approximate surface area is 111 Å². The third kappa shape index (κ3) is 2.62. The lowest BCUT2D eigenvalue weighted by Crippen LogP contribution is -2.04. The summed E-state index contributed by atoms with van der Waals surface area (Å²) in [5, 5.41) is 1.54. The summed E-state index contributed by atoms with van der Waals surface area (Å²) >= 11 is 6.23. The molecule has 1 aromatic carbocycles. The number of halogens is 1. The average molecular weight is 264 g/mol. The van der Waals surface area contributed by atoms with Crippen LogP contribution in [0.5, 0.6) is 0 Å². The maximum absolute atomic E-state index is 11.2. The number of esters is 1. The van der Waals surface area contributed by atoms with Gasteiger partial charge < -0.3 is 4.74 Å². The fraction of sp³-hybridized carbons (Fsp3) is 0.286. The highest BCUT2D eigenvalue weighted by Gasteiger charge is 2.07. The Morgan fingerprint density at radius 1 is 1.39 bits per heavy atom. The number of aryl methyl sites for hydroxylation is 1. The molecule has 0 atom stereocenters. The largest absolute Gasteiger partial charge is 0.469 e. The highest BCUT2D eigenvalue weighted by molar-refractivity contribution is 6.35. The zero-order valence-electron chi connectivity index (χ0n) is 10.4. The van der Waals surface area contributed by atoms with Gasteiger partial charge in [0.25, 0.3) is 0 Å². The average Bonchev–Trinajstić information content (AvgIpc) is 2.39. The summed E-state index contributed by atoms with van der Waals surface area (Å²) in [5.41, 5.74) is 2.70. The van der Waals surface area contributed by atoms with Gasteiger partial charge in [-0.15, -0.1) is 0 Å². The summed E-state index contributed by atoms with van der Waals surface area (Å²) in [4.78, 5) is 15.7. The molecule has 0 aliphatic carbocycles. The maximum atomic E-state index is 11.2. The van der Waals surface area contributed by atoms with Gasteiger partial charge >= 0.3 is 5.97 Å². The van der Waals surface area contributed by atoms with Crippen molar-refractivity contribution in [2.24, 2.45) is 0 Å². The fourth-order valence-electron chi connectivity index (χ4n) is 1.81. The van der Waals surface area contributed by atoms with Gasteiger partial charge in [0.15, 0.2) is 0 Å². The number of pyridine rings is 1. The van der Waals surface area contributed by atoms with Crippen LogP contribution in [-0.4, -0.2) is 18.1 Å². The minimum Gasteiger partial charge on any atom is -0.469 e. The molecule has 0 N–H and O–H groups in total. The molecule has 0 fully saturated rings. The monoisotopic (exact) mass is 263 g/mol. The molecule has 1 heterocycles. The van der Waals surface area contributed by atoms with Crippen LogP contribution in [0.1, 0.15) is 18.2 Å². The molecule has 2 aromatic rings. The molecule has 0 spiro atoms. The van der Waals surface area contributed by atoms with Crippen LogP contribution in [0.25, 0.3) is 10.9 Å². The zero-order valence-corrected chi connectivity index (χ0v) is 11.1. The third-order valence-corrected chi connectivity index (χ3v) is 3.13. The van der Waals surface area contributed by atoms with Crippen LogP contribution < -0.4 is 0 Å². The van der Waals surface area contributed by atoms with E-state index in [0.29, 0.717) is 5.02 Å². The predicted molar refractivity (Wildman–Crippen MR) is 71.9 cm³/mol. The van der Waals surface area contributed by atoms with Crippen molar-refractivity contribution >= 4 is 28.5 Å². The van der Waals surface area contributed by atoms with Crippen LogP contribution in [0, 0.1) is 0 Å². The van der Waals surface area contributed by atoms with E-state index in [4.69, 9.17) is 11.6 Å². The van der Waals surface area contributed by atoms with Crippen molar-refractivity contribution in [1.82, 2.24) is 4.98 Å². The van der Waals surface area contributed by atoms with E-state index in [1.165, 1.54) is 7.11 Å². The quantitative estimate of drug-likeness (QED) is 0.799. The predicted octanol–water partition coefficient (Wildman–Crippen LogP) is 3.17. The molecular formula is C14H14ClNO2. The number of carbonyl (C=O) groups excluding carboxylic acids is 1. The number of methoxy groups -OCH3 is 1. The second kappa shape index (κ2) is 5.36. The van der Waals surface area contributed by atoms with Crippen molar-refractivity contribution in [3.63, 3.8) is 0 Å². The molecule has 0 unspecified atom stereocenters. The van der Waals surface area contributed by atoms with E-state index in [1.54, 1.807) is 0 Å². The number of benzene rings is 1. The van der Waals surface area contributed by atoms with Gasteiger partial charge in [-0.3, -0.25) is 9.78 Å². The van der Waals surface area contributed by atoms with Gasteiger partial charge in [-0.25, -0.2) is 0 Å². The summed E-state index contributed by atoms with van der Waals surface area (Å²) in [5.74, 6) is -0.261. The first-order valence-electron chi connectivity index (χ1n) is 5.79. The van der Waals surface area contributed by atoms with Crippen LogP contribution in [0.3, 0.4) is 0 Å². The number of carbonyl (C=O) groups is 1. The first kappa shape index (κ1) is 12.8. The first-order chi connectivity index (χ1) is 8.63. The lowest BCUT2D eigenvalue weighted by Gasteiger charge is -2.06. The Kier molecular flexibility index (Phi) is 3.82. The Bertz CT molecular complexity index is 596. The summed E-state index contributed by atoms with van der Waals surface area (Å²) in [6, 6.07) is 7.52. The van der Waals surface area contributed by atoms with Crippen molar-refractivity contribution < 1.29 is 9.53 Å². The van der Waals surface area contributed by atoms with Crippen molar-refractivity contribution in [2.45, 2.75) is 19.8 Å². The van der Waals surface area contributed by atoms with Crippen LogP contribution in [0.15, 0.2) is 24.3 Å². The second-order valence-electron chi connectivity index (χ2n) is 4.05. The molecule has 0 amide bonds. The summed E-state index contributed by atoms with van der Waals surface area (Å²) < 4.78 is 4.65. The SMILES string of the molecule is CCc1cc(Cl)c2cc(CC(=O)OC)ccc2n1. The number of hydrogen-bond donors (Lipinski definition) is 0. The van der Waals surface area contributed by atoms with E-state index < -0.39 is 0 Å². The van der Waals surface area contributed by atoms with E-state index in [2.05, 4.69) is 9.72 Å². The van der Waals surface area contributed by atoms with E-state index in [9.17, 15) is 4.79 Å². The highest BCUT2D eigenvalue weighted by Crippen LogP contribution is 2.24. The van der Waals surface area contributed by atoms with E-state index in [1.807, 2.05) is 31.2 Å². The summed E-state index contributed by atoms with van der Waals surface area (Å²) in [7, 11) is 1.38. The van der Waals surface area contributed by atoms with Gasteiger partial charge in [0, 0.05) is 11.1 Å². The maximum Gasteiger partial charge on any atom is 0.309 e. The molecule has 0 saturated carbocycles. The molecule has 0 aliphatic heterocycles. The molecule has 2 rings (SSSR count). The molecule has 4 heteroatoms. The number of fused-ring (bicyclic) bond motifs is 1. The molecule has 0 saturated heterocycles. The molecule has 0 bridgehead atoms. The third-order valence-electron chi connectivity index (χ3n) is 2.81. The van der Waals surface area contributed by atoms with Crippen LogP contribution in [-0.2, 0) is 22.4 Å². The van der Waals surface area contributed by atoms with Crippen LogP contribution >= 0.6 is 11.6 Å². The number of nitrogens with zero attached hydrogens (tertiary/aromatic N) is 1. The lowest BCUT2D eigenvalue weighted by atomic mass is 10.1. The molecule has 0 radical (unpaired) electrons. The van der Waals surface area contributed by atoms with Crippen LogP contribution in [0.4, 0.5) is 0 Å². The van der Waals surface area contributed by atoms with Gasteiger partial charge in [-0.2, -0.15) is 0 Å². The zero-order chi connectivity index (χ0) is 13.1. The lowest BCUT2D eigenvalue weighted by molar-refractivity contribution is -0.139. The normalized spacial score (nSPS) is 10.6. The Balaban J connectivity index is 2.45. The molecule has 0 aliphatic rings. The number of rotatable bonds is 3. The van der Waals surface area contributed by atoms with Crippen molar-refractivity contribution in [2.75, 3.05) is 7.11 Å². The molecule has 3 nitrogen and oxygen atoms in total. The van der Waals surface area contributed by atoms with Crippen molar-refractivity contribution in [3.8, 4) is 0 Å². The Morgan fingerprint density at radius 2 is 2.17 bits per heavy atom. The minimum atomic E-state index is -0.261. The van der Waals surface area contributed by atoms with E-state index in [0.717, 1.165) is 28.6 Å². The number of hydrogen-bond acceptors (Lipinski definition) is 3. The van der Waals surface area contributed by atoms with Gasteiger partial charge in [0.1, 0.15) is 0 Å². The number of ether oxygens (including phenoxy) is 1. The molecular weight excluding hydrogens is 250 g/mol. The number of aromatic nitrogens is 1. The van der Waals surface area contributed by atoms with Crippen LogP contribution in [0.2, 0.25) is 5.02 Å². The van der Waals surface area contributed by atoms with Crippen molar-refractivity contribution in [1.29, 1.82) is 0 Å². The van der Waals surface area contributed by atoms with E-state index in [-0.39, 0.29) is 12.4 Å². The van der Waals surface area contributed by atoms with Crippen molar-refractivity contribution in [3.05, 3.63) is 40.5 Å². The molecule has 1 aromatic heterocycles. The van der Waals surface area contributed by atoms with Gasteiger partial charge in [-0.1, -0.05) is 24.6 Å². The molecule has 94 valence electrons. The topological polar surface area (TPSA) is 39.2 Å². The fourth-order valence-corrected chi connectivity index (χ4v) is 2.09. The van der Waals surface area contributed by atoms with Gasteiger partial charge in [0.2, 0.25) is 0 Å². The van der Waals surface area contributed by atoms with E-state index >= 15 is 0 Å². The second-order valence-corrected chi connectivity index (χ2v) is 4.46. The Morgan fingerprint density at radius 3 is 2.83 bits per heavy atom. The Hall–Kier alpha value is -1.61. The van der Waals surface area contributed by atoms with Gasteiger partial charge in [-0.05, 0) is 30.2 Å². The van der Waals surface area contributed by atoms with Gasteiger partial charge in [0.05, 0.1) is 24.1 Å².